The van der Waals surface area contributed by atoms with Crippen molar-refractivity contribution in [2.24, 2.45) is 0 Å². The lowest BCUT2D eigenvalue weighted by atomic mass is 10.1. The number of nitrogens with one attached hydrogen (secondary N) is 1. The molecule has 122 valence electrons. The highest BCUT2D eigenvalue weighted by atomic mass is 32.2. The number of hydrogen-bond donors (Lipinski definition) is 1. The molecule has 1 aliphatic heterocycles. The first-order valence-corrected chi connectivity index (χ1v) is 9.67. The number of amides is 1. The molecule has 1 aliphatic rings. The summed E-state index contributed by atoms with van der Waals surface area (Å²) in [6.45, 7) is 4.47. The highest BCUT2D eigenvalue weighted by Crippen LogP contribution is 2.30. The Bertz CT molecular complexity index is 856. The van der Waals surface area contributed by atoms with Crippen LogP contribution in [0.25, 0.3) is 0 Å². The topological polar surface area (TPSA) is 66.5 Å². The maximum atomic E-state index is 12.4. The number of hydrogen-bond acceptors (Lipinski definition) is 4. The van der Waals surface area contributed by atoms with Crippen LogP contribution in [0.2, 0.25) is 0 Å². The van der Waals surface area contributed by atoms with Crippen molar-refractivity contribution >= 4 is 38.6 Å². The third-order valence-corrected chi connectivity index (χ3v) is 6.68. The van der Waals surface area contributed by atoms with E-state index in [-0.39, 0.29) is 10.1 Å². The Kier molecular flexibility index (Phi) is 4.16. The third kappa shape index (κ3) is 3.25. The molecule has 23 heavy (non-hydrogen) atoms. The van der Waals surface area contributed by atoms with Crippen LogP contribution in [0.15, 0.2) is 34.5 Å². The normalized spacial score (nSPS) is 15.2. The van der Waals surface area contributed by atoms with Crippen LogP contribution in [-0.4, -0.2) is 20.9 Å². The number of benzene rings is 1. The van der Waals surface area contributed by atoms with Gasteiger partial charge in [0.05, 0.1) is 5.69 Å². The second kappa shape index (κ2) is 5.98. The Morgan fingerprint density at radius 2 is 1.96 bits per heavy atom. The van der Waals surface area contributed by atoms with Gasteiger partial charge in [-0.3, -0.25) is 9.52 Å². The molecule has 1 aromatic carbocycles. The van der Waals surface area contributed by atoms with Crippen molar-refractivity contribution in [1.29, 1.82) is 0 Å². The number of carbonyl (C=O) groups excluding carboxylic acids is 1. The molecule has 0 radical (unpaired) electrons. The molecule has 1 N–H and O–H groups in total. The van der Waals surface area contributed by atoms with E-state index in [1.54, 1.807) is 29.2 Å². The van der Waals surface area contributed by atoms with E-state index in [1.165, 1.54) is 11.3 Å². The minimum absolute atomic E-state index is 0.0852. The van der Waals surface area contributed by atoms with E-state index in [2.05, 4.69) is 4.72 Å². The minimum atomic E-state index is -3.59. The van der Waals surface area contributed by atoms with Crippen molar-refractivity contribution in [2.75, 3.05) is 16.2 Å². The molecule has 0 unspecified atom stereocenters. The van der Waals surface area contributed by atoms with Gasteiger partial charge in [0.15, 0.2) is 0 Å². The van der Waals surface area contributed by atoms with Crippen molar-refractivity contribution in [3.8, 4) is 0 Å². The standard InChI is InChI=1S/C16H18N2O3S2/c1-11-5-7-13(10-14(11)18-9-3-4-15(18)19)17-23(20,21)16-8-6-12(2)22-16/h5-8,10,17H,3-4,9H2,1-2H3. The molecule has 2 aromatic rings. The van der Waals surface area contributed by atoms with Gasteiger partial charge < -0.3 is 4.90 Å². The summed E-state index contributed by atoms with van der Waals surface area (Å²) in [5.74, 6) is 0.0852. The lowest BCUT2D eigenvalue weighted by molar-refractivity contribution is -0.117. The molecule has 7 heteroatoms. The molecule has 0 spiro atoms. The van der Waals surface area contributed by atoms with Crippen molar-refractivity contribution < 1.29 is 13.2 Å². The molecular formula is C16H18N2O3S2. The first-order valence-electron chi connectivity index (χ1n) is 7.37. The molecule has 3 rings (SSSR count). The smallest absolute Gasteiger partial charge is 0.271 e. The fourth-order valence-corrected chi connectivity index (χ4v) is 4.96. The summed E-state index contributed by atoms with van der Waals surface area (Å²) in [5, 5.41) is 0. The number of anilines is 2. The van der Waals surface area contributed by atoms with Gasteiger partial charge in [-0.1, -0.05) is 6.07 Å². The summed E-state index contributed by atoms with van der Waals surface area (Å²) in [5.41, 5.74) is 2.20. The predicted octanol–water partition coefficient (Wildman–Crippen LogP) is 3.29. The summed E-state index contributed by atoms with van der Waals surface area (Å²) in [6.07, 6.45) is 1.38. The largest absolute Gasteiger partial charge is 0.312 e. The zero-order valence-electron chi connectivity index (χ0n) is 13.0. The zero-order valence-corrected chi connectivity index (χ0v) is 14.6. The minimum Gasteiger partial charge on any atom is -0.312 e. The number of carbonyl (C=O) groups is 1. The Hall–Kier alpha value is -1.86. The molecule has 1 amide bonds. The fourth-order valence-electron chi connectivity index (χ4n) is 2.63. The van der Waals surface area contributed by atoms with Crippen LogP contribution >= 0.6 is 11.3 Å². The molecule has 1 fully saturated rings. The van der Waals surface area contributed by atoms with Crippen LogP contribution in [-0.2, 0) is 14.8 Å². The van der Waals surface area contributed by atoms with E-state index in [0.717, 1.165) is 22.5 Å². The Balaban J connectivity index is 1.91. The third-order valence-electron chi connectivity index (χ3n) is 3.81. The van der Waals surface area contributed by atoms with E-state index < -0.39 is 10.0 Å². The van der Waals surface area contributed by atoms with Crippen molar-refractivity contribution in [3.63, 3.8) is 0 Å². The monoisotopic (exact) mass is 350 g/mol. The maximum absolute atomic E-state index is 12.4. The van der Waals surface area contributed by atoms with Gasteiger partial charge in [-0.2, -0.15) is 0 Å². The SMILES string of the molecule is Cc1ccc(S(=O)(=O)Nc2ccc(C)c(N3CCCC3=O)c2)s1. The summed E-state index contributed by atoms with van der Waals surface area (Å²) >= 11 is 1.23. The van der Waals surface area contributed by atoms with Crippen LogP contribution in [0.1, 0.15) is 23.3 Å². The van der Waals surface area contributed by atoms with Gasteiger partial charge in [0.1, 0.15) is 4.21 Å². The molecule has 0 aliphatic carbocycles. The second-order valence-corrected chi connectivity index (χ2v) is 8.82. The molecule has 1 saturated heterocycles. The molecule has 2 heterocycles. The van der Waals surface area contributed by atoms with Crippen molar-refractivity contribution in [2.45, 2.75) is 30.9 Å². The molecule has 0 atom stereocenters. The number of aryl methyl sites for hydroxylation is 2. The van der Waals surface area contributed by atoms with E-state index in [1.807, 2.05) is 19.9 Å². The lowest BCUT2D eigenvalue weighted by Crippen LogP contribution is -2.24. The first kappa shape index (κ1) is 16.0. The summed E-state index contributed by atoms with van der Waals surface area (Å²) in [4.78, 5) is 14.6. The van der Waals surface area contributed by atoms with Gasteiger partial charge in [0.25, 0.3) is 10.0 Å². The molecular weight excluding hydrogens is 332 g/mol. The number of nitrogens with zero attached hydrogens (tertiary/aromatic N) is 1. The summed E-state index contributed by atoms with van der Waals surface area (Å²) in [6, 6.07) is 8.66. The first-order chi connectivity index (χ1) is 10.9. The lowest BCUT2D eigenvalue weighted by Gasteiger charge is -2.19. The Morgan fingerprint density at radius 1 is 1.17 bits per heavy atom. The number of thiophene rings is 1. The molecule has 0 saturated carbocycles. The van der Waals surface area contributed by atoms with Crippen LogP contribution in [0.4, 0.5) is 11.4 Å². The second-order valence-electron chi connectivity index (χ2n) is 5.62. The highest BCUT2D eigenvalue weighted by Gasteiger charge is 2.24. The predicted molar refractivity (Wildman–Crippen MR) is 92.6 cm³/mol. The Morgan fingerprint density at radius 3 is 2.57 bits per heavy atom. The average molecular weight is 350 g/mol. The van der Waals surface area contributed by atoms with Crippen LogP contribution in [0.3, 0.4) is 0 Å². The van der Waals surface area contributed by atoms with E-state index >= 15 is 0 Å². The van der Waals surface area contributed by atoms with Gasteiger partial charge in [0.2, 0.25) is 5.91 Å². The average Bonchev–Trinajstić information content (AvgIpc) is 3.10. The van der Waals surface area contributed by atoms with Crippen molar-refractivity contribution in [1.82, 2.24) is 0 Å². The molecule has 1 aromatic heterocycles. The van der Waals surface area contributed by atoms with Gasteiger partial charge in [0, 0.05) is 23.5 Å². The van der Waals surface area contributed by atoms with Crippen LogP contribution < -0.4 is 9.62 Å². The quantitative estimate of drug-likeness (QED) is 0.920. The molecule has 5 nitrogen and oxygen atoms in total. The summed E-state index contributed by atoms with van der Waals surface area (Å²) < 4.78 is 27.7. The zero-order chi connectivity index (χ0) is 16.6. The fraction of sp³-hybridized carbons (Fsp3) is 0.312. The van der Waals surface area contributed by atoms with Crippen molar-refractivity contribution in [3.05, 3.63) is 40.8 Å². The number of sulfonamides is 1. The van der Waals surface area contributed by atoms with E-state index in [4.69, 9.17) is 0 Å². The maximum Gasteiger partial charge on any atom is 0.271 e. The van der Waals surface area contributed by atoms with Crippen LogP contribution in [0, 0.1) is 13.8 Å². The van der Waals surface area contributed by atoms with Gasteiger partial charge in [-0.15, -0.1) is 11.3 Å². The van der Waals surface area contributed by atoms with E-state index in [0.29, 0.717) is 18.7 Å². The number of rotatable bonds is 4. The highest BCUT2D eigenvalue weighted by molar-refractivity contribution is 7.94. The Labute approximate surface area is 140 Å². The van der Waals surface area contributed by atoms with E-state index in [9.17, 15) is 13.2 Å². The van der Waals surface area contributed by atoms with Gasteiger partial charge >= 0.3 is 0 Å². The van der Waals surface area contributed by atoms with Crippen LogP contribution in [0.5, 0.6) is 0 Å². The molecule has 0 bridgehead atoms. The summed E-state index contributed by atoms with van der Waals surface area (Å²) in [7, 11) is -3.59. The van der Waals surface area contributed by atoms with Gasteiger partial charge in [-0.25, -0.2) is 8.42 Å². The van der Waals surface area contributed by atoms with Gasteiger partial charge in [-0.05, 0) is 50.1 Å².